The van der Waals surface area contributed by atoms with Gasteiger partial charge in [0, 0.05) is 31.4 Å². The van der Waals surface area contributed by atoms with Crippen LogP contribution in [0.5, 0.6) is 11.5 Å². The van der Waals surface area contributed by atoms with E-state index in [0.29, 0.717) is 36.6 Å². The summed E-state index contributed by atoms with van der Waals surface area (Å²) < 4.78 is 18.5. The number of aromatic nitrogens is 2. The highest BCUT2D eigenvalue weighted by Crippen LogP contribution is 2.28. The van der Waals surface area contributed by atoms with Crippen LogP contribution in [0.2, 0.25) is 0 Å². The number of ether oxygens (including phenoxy) is 3. The van der Waals surface area contributed by atoms with Gasteiger partial charge in [-0.25, -0.2) is 9.59 Å². The van der Waals surface area contributed by atoms with Crippen LogP contribution in [0.4, 0.5) is 4.79 Å². The van der Waals surface area contributed by atoms with E-state index >= 15 is 0 Å². The smallest absolute Gasteiger partial charge is 0.410 e. The quantitative estimate of drug-likeness (QED) is 0.357. The zero-order valence-electron chi connectivity index (χ0n) is 22.0. The molecule has 1 atom stereocenters. The monoisotopic (exact) mass is 505 g/mol. The minimum Gasteiger partial charge on any atom is -0.462 e. The summed E-state index contributed by atoms with van der Waals surface area (Å²) in [5.74, 6) is 1.23. The molecule has 1 aliphatic heterocycles. The van der Waals surface area contributed by atoms with E-state index in [1.54, 1.807) is 22.7 Å². The Bertz CT molecular complexity index is 1200. The van der Waals surface area contributed by atoms with Crippen LogP contribution >= 0.6 is 0 Å². The van der Waals surface area contributed by atoms with E-state index in [2.05, 4.69) is 0 Å². The van der Waals surface area contributed by atoms with Crippen molar-refractivity contribution in [1.29, 1.82) is 0 Å². The van der Waals surface area contributed by atoms with Crippen molar-refractivity contribution in [2.24, 2.45) is 5.92 Å². The first-order valence-corrected chi connectivity index (χ1v) is 12.8. The van der Waals surface area contributed by atoms with Gasteiger partial charge >= 0.3 is 12.1 Å². The summed E-state index contributed by atoms with van der Waals surface area (Å²) >= 11 is 0. The van der Waals surface area contributed by atoms with E-state index in [1.165, 1.54) is 0 Å². The third-order valence-electron chi connectivity index (χ3n) is 5.98. The predicted octanol–water partition coefficient (Wildman–Crippen LogP) is 6.17. The van der Waals surface area contributed by atoms with Gasteiger partial charge in [0.1, 0.15) is 28.4 Å². The molecule has 1 unspecified atom stereocenters. The minimum absolute atomic E-state index is 0.200. The van der Waals surface area contributed by atoms with Crippen LogP contribution in [0.1, 0.15) is 50.9 Å². The zero-order chi connectivity index (χ0) is 26.4. The summed E-state index contributed by atoms with van der Waals surface area (Å²) in [6.45, 7) is 9.52. The van der Waals surface area contributed by atoms with E-state index in [-0.39, 0.29) is 18.6 Å². The van der Waals surface area contributed by atoms with Gasteiger partial charge in [-0.1, -0.05) is 18.2 Å². The second kappa shape index (κ2) is 11.5. The Morgan fingerprint density at radius 1 is 1.03 bits per heavy atom. The van der Waals surface area contributed by atoms with Crippen LogP contribution in [0.25, 0.3) is 11.3 Å². The summed E-state index contributed by atoms with van der Waals surface area (Å²) in [5, 5.41) is 4.76. The number of esters is 1. The molecule has 8 heteroatoms. The van der Waals surface area contributed by atoms with Gasteiger partial charge < -0.3 is 19.1 Å². The predicted molar refractivity (Wildman–Crippen MR) is 141 cm³/mol. The van der Waals surface area contributed by atoms with Gasteiger partial charge in [-0.15, -0.1) is 0 Å². The Morgan fingerprint density at radius 3 is 2.41 bits per heavy atom. The molecular formula is C29H35N3O5. The van der Waals surface area contributed by atoms with Crippen molar-refractivity contribution in [2.45, 2.75) is 52.7 Å². The van der Waals surface area contributed by atoms with Crippen molar-refractivity contribution < 1.29 is 23.8 Å². The van der Waals surface area contributed by atoms with Crippen LogP contribution in [0.3, 0.4) is 0 Å². The maximum absolute atomic E-state index is 12.8. The van der Waals surface area contributed by atoms with Gasteiger partial charge in [0.2, 0.25) is 0 Å². The molecule has 4 rings (SSSR count). The van der Waals surface area contributed by atoms with Crippen LogP contribution in [-0.2, 0) is 16.0 Å². The van der Waals surface area contributed by atoms with E-state index in [4.69, 9.17) is 19.3 Å². The topological polar surface area (TPSA) is 82.9 Å². The molecule has 1 aliphatic rings. The minimum atomic E-state index is -0.531. The molecule has 0 N–H and O–H groups in total. The van der Waals surface area contributed by atoms with Gasteiger partial charge in [-0.05, 0) is 82.9 Å². The molecule has 0 saturated carbocycles. The maximum Gasteiger partial charge on any atom is 0.410 e. The van der Waals surface area contributed by atoms with Crippen LogP contribution in [-0.4, -0.2) is 52.0 Å². The Labute approximate surface area is 218 Å². The highest BCUT2D eigenvalue weighted by molar-refractivity contribution is 5.96. The second-order valence-electron chi connectivity index (χ2n) is 10.2. The molecule has 1 saturated heterocycles. The van der Waals surface area contributed by atoms with Crippen molar-refractivity contribution in [3.8, 4) is 22.8 Å². The third-order valence-corrected chi connectivity index (χ3v) is 5.98. The molecule has 0 spiro atoms. The lowest BCUT2D eigenvalue weighted by molar-refractivity contribution is 0.0155. The normalized spacial score (nSPS) is 15.8. The first-order chi connectivity index (χ1) is 17.7. The van der Waals surface area contributed by atoms with Crippen molar-refractivity contribution in [1.82, 2.24) is 14.7 Å². The number of benzene rings is 2. The maximum atomic E-state index is 12.8. The number of nitrogens with zero attached hydrogens (tertiary/aromatic N) is 3. The molecule has 1 fully saturated rings. The molecule has 3 aromatic rings. The number of rotatable bonds is 7. The third kappa shape index (κ3) is 7.12. The van der Waals surface area contributed by atoms with Crippen molar-refractivity contribution in [2.75, 3.05) is 19.7 Å². The average molecular weight is 506 g/mol. The van der Waals surface area contributed by atoms with Crippen molar-refractivity contribution >= 4 is 12.1 Å². The molecule has 0 bridgehead atoms. The zero-order valence-corrected chi connectivity index (χ0v) is 22.0. The van der Waals surface area contributed by atoms with Gasteiger partial charge in [0.25, 0.3) is 0 Å². The highest BCUT2D eigenvalue weighted by atomic mass is 16.6. The molecule has 1 amide bonds. The lowest BCUT2D eigenvalue weighted by atomic mass is 9.98. The van der Waals surface area contributed by atoms with E-state index in [1.807, 2.05) is 75.4 Å². The summed E-state index contributed by atoms with van der Waals surface area (Å²) in [7, 11) is 0. The number of likely N-dealkylation sites (tertiary alicyclic amines) is 1. The number of hydrogen-bond acceptors (Lipinski definition) is 6. The fourth-order valence-corrected chi connectivity index (χ4v) is 4.36. The number of hydrogen-bond donors (Lipinski definition) is 0. The number of carbonyl (C=O) groups excluding carboxylic acids is 2. The lowest BCUT2D eigenvalue weighted by Crippen LogP contribution is -2.43. The Kier molecular flexibility index (Phi) is 8.16. The first-order valence-electron chi connectivity index (χ1n) is 12.8. The number of amides is 1. The molecule has 0 radical (unpaired) electrons. The number of piperidine rings is 1. The standard InChI is InChI=1S/C29H35N3O5/c1-5-35-27(33)25-20-32(19-21-10-9-17-31(18-21)28(34)37-29(2,3)4)30-26(25)22-13-15-24(16-14-22)36-23-11-7-6-8-12-23/h6-8,11-16,20-21H,5,9-10,17-19H2,1-4H3. The van der Waals surface area contributed by atoms with Gasteiger partial charge in [-0.2, -0.15) is 5.10 Å². The van der Waals surface area contributed by atoms with E-state index in [0.717, 1.165) is 24.2 Å². The van der Waals surface area contributed by atoms with Crippen molar-refractivity contribution in [3.63, 3.8) is 0 Å². The summed E-state index contributed by atoms with van der Waals surface area (Å²) in [4.78, 5) is 27.1. The second-order valence-corrected chi connectivity index (χ2v) is 10.2. The van der Waals surface area contributed by atoms with Crippen LogP contribution in [0, 0.1) is 5.92 Å². The summed E-state index contributed by atoms with van der Waals surface area (Å²) in [5.41, 5.74) is 1.24. The molecule has 2 aromatic carbocycles. The summed E-state index contributed by atoms with van der Waals surface area (Å²) in [6.07, 6.45) is 3.32. The lowest BCUT2D eigenvalue weighted by Gasteiger charge is -2.34. The van der Waals surface area contributed by atoms with Crippen molar-refractivity contribution in [3.05, 3.63) is 66.4 Å². The van der Waals surface area contributed by atoms with Gasteiger partial charge in [0.05, 0.1) is 6.61 Å². The van der Waals surface area contributed by atoms with Crippen LogP contribution < -0.4 is 4.74 Å². The molecule has 196 valence electrons. The Balaban J connectivity index is 1.51. The van der Waals surface area contributed by atoms with E-state index < -0.39 is 11.6 Å². The molecule has 0 aliphatic carbocycles. The van der Waals surface area contributed by atoms with Gasteiger partial charge in [0.15, 0.2) is 0 Å². The first kappa shape index (κ1) is 26.3. The average Bonchev–Trinajstić information content (AvgIpc) is 3.28. The molecule has 8 nitrogen and oxygen atoms in total. The fraction of sp³-hybridized carbons (Fsp3) is 0.414. The molecule has 2 heterocycles. The number of para-hydroxylation sites is 1. The molecule has 1 aromatic heterocycles. The molecular weight excluding hydrogens is 470 g/mol. The largest absolute Gasteiger partial charge is 0.462 e. The van der Waals surface area contributed by atoms with Gasteiger partial charge in [-0.3, -0.25) is 4.68 Å². The fourth-order valence-electron chi connectivity index (χ4n) is 4.36. The molecule has 37 heavy (non-hydrogen) atoms. The number of carbonyl (C=O) groups is 2. The van der Waals surface area contributed by atoms with Crippen LogP contribution in [0.15, 0.2) is 60.8 Å². The highest BCUT2D eigenvalue weighted by Gasteiger charge is 2.28. The Morgan fingerprint density at radius 2 is 1.73 bits per heavy atom. The summed E-state index contributed by atoms with van der Waals surface area (Å²) in [6, 6.07) is 17.0. The Hall–Kier alpha value is -3.81. The van der Waals surface area contributed by atoms with E-state index in [9.17, 15) is 9.59 Å². The SMILES string of the molecule is CCOC(=O)c1cn(CC2CCCN(C(=O)OC(C)(C)C)C2)nc1-c1ccc(Oc2ccccc2)cc1.